The van der Waals surface area contributed by atoms with Crippen LogP contribution in [0.4, 0.5) is 4.79 Å². The van der Waals surface area contributed by atoms with Gasteiger partial charge >= 0.3 is 6.09 Å². The molecular formula is C25H30N2O5S. The summed E-state index contributed by atoms with van der Waals surface area (Å²) in [5, 5.41) is 9.35. The highest BCUT2D eigenvalue weighted by Gasteiger charge is 2.33. The van der Waals surface area contributed by atoms with E-state index in [2.05, 4.69) is 16.0 Å². The summed E-state index contributed by atoms with van der Waals surface area (Å²) in [6.07, 6.45) is 1.10. The van der Waals surface area contributed by atoms with Gasteiger partial charge in [0.1, 0.15) is 6.61 Å². The standard InChI is InChI=1S/C25H30N2O5S/c1-16(2)22(27-25(31)32-13-17-7-4-3-5-8-17)21(28)12-19-11-20-15-33-14-18(20)9-6-10-26-24(30)23(19)29/h3-5,7-8,14-16,19,22H,6,9-13H2,1-2H3,(H,26,30)(H,27,31). The fourth-order valence-corrected chi connectivity index (χ4v) is 4.82. The minimum Gasteiger partial charge on any atom is -0.445 e. The molecule has 3 rings (SSSR count). The molecule has 0 spiro atoms. The van der Waals surface area contributed by atoms with Gasteiger partial charge in [0.25, 0.3) is 5.91 Å². The summed E-state index contributed by atoms with van der Waals surface area (Å²) in [6.45, 7) is 4.15. The van der Waals surface area contributed by atoms with Crippen LogP contribution in [0.2, 0.25) is 0 Å². The highest BCUT2D eigenvalue weighted by Crippen LogP contribution is 2.24. The van der Waals surface area contributed by atoms with E-state index < -0.39 is 29.7 Å². The van der Waals surface area contributed by atoms with Gasteiger partial charge in [-0.2, -0.15) is 11.3 Å². The second kappa shape index (κ2) is 11.7. The van der Waals surface area contributed by atoms with E-state index in [0.717, 1.165) is 29.5 Å². The Balaban J connectivity index is 1.67. The lowest BCUT2D eigenvalue weighted by molar-refractivity contribution is -0.141. The van der Waals surface area contributed by atoms with Crippen molar-refractivity contribution < 1.29 is 23.9 Å². The molecule has 1 aliphatic rings. The number of aryl methyl sites for hydroxylation is 1. The molecule has 176 valence electrons. The van der Waals surface area contributed by atoms with Gasteiger partial charge in [-0.25, -0.2) is 4.79 Å². The molecule has 8 heteroatoms. The van der Waals surface area contributed by atoms with E-state index in [9.17, 15) is 19.2 Å². The summed E-state index contributed by atoms with van der Waals surface area (Å²) >= 11 is 1.56. The number of hydrogen-bond acceptors (Lipinski definition) is 6. The molecule has 0 saturated heterocycles. The zero-order valence-corrected chi connectivity index (χ0v) is 19.8. The van der Waals surface area contributed by atoms with Crippen LogP contribution >= 0.6 is 11.3 Å². The monoisotopic (exact) mass is 470 g/mol. The number of carbonyl (C=O) groups excluding carboxylic acids is 4. The van der Waals surface area contributed by atoms with Crippen LogP contribution in [-0.2, 0) is 38.6 Å². The van der Waals surface area contributed by atoms with Crippen molar-refractivity contribution in [1.82, 2.24) is 10.6 Å². The Morgan fingerprint density at radius 3 is 2.61 bits per heavy atom. The van der Waals surface area contributed by atoms with Crippen molar-refractivity contribution in [3.05, 3.63) is 57.8 Å². The molecule has 2 N–H and O–H groups in total. The Morgan fingerprint density at radius 1 is 1.15 bits per heavy atom. The Hall–Kier alpha value is -3.00. The summed E-state index contributed by atoms with van der Waals surface area (Å²) < 4.78 is 5.26. The summed E-state index contributed by atoms with van der Waals surface area (Å²) in [6, 6.07) is 8.43. The molecule has 1 aromatic carbocycles. The molecular weight excluding hydrogens is 440 g/mol. The van der Waals surface area contributed by atoms with E-state index in [4.69, 9.17) is 4.74 Å². The number of benzene rings is 1. The minimum absolute atomic E-state index is 0.0912. The van der Waals surface area contributed by atoms with E-state index in [1.165, 1.54) is 0 Å². The largest absolute Gasteiger partial charge is 0.445 e. The smallest absolute Gasteiger partial charge is 0.408 e. The van der Waals surface area contributed by atoms with Gasteiger partial charge in [0, 0.05) is 18.9 Å². The van der Waals surface area contributed by atoms with Gasteiger partial charge < -0.3 is 15.4 Å². The number of alkyl carbamates (subject to hydrolysis) is 1. The highest BCUT2D eigenvalue weighted by atomic mass is 32.1. The van der Waals surface area contributed by atoms with Crippen molar-refractivity contribution in [2.45, 2.75) is 52.2 Å². The third-order valence-electron chi connectivity index (χ3n) is 5.75. The van der Waals surface area contributed by atoms with Crippen molar-refractivity contribution in [1.29, 1.82) is 0 Å². The Kier molecular flexibility index (Phi) is 8.77. The number of amides is 2. The van der Waals surface area contributed by atoms with E-state index in [0.29, 0.717) is 13.0 Å². The molecule has 0 fully saturated rings. The molecule has 0 radical (unpaired) electrons. The number of hydrogen-bond donors (Lipinski definition) is 2. The zero-order valence-electron chi connectivity index (χ0n) is 19.0. The fraction of sp³-hybridized carbons (Fsp3) is 0.440. The summed E-state index contributed by atoms with van der Waals surface area (Å²) in [4.78, 5) is 50.7. The van der Waals surface area contributed by atoms with Gasteiger partial charge in [0.05, 0.1) is 6.04 Å². The first kappa shape index (κ1) is 24.6. The van der Waals surface area contributed by atoms with Crippen molar-refractivity contribution in [2.24, 2.45) is 11.8 Å². The van der Waals surface area contributed by atoms with Gasteiger partial charge in [-0.3, -0.25) is 14.4 Å². The molecule has 1 aliphatic heterocycles. The van der Waals surface area contributed by atoms with Gasteiger partial charge in [0.15, 0.2) is 5.78 Å². The first-order valence-corrected chi connectivity index (χ1v) is 12.1. The number of thiophene rings is 1. The number of carbonyl (C=O) groups is 4. The Labute approximate surface area is 197 Å². The van der Waals surface area contributed by atoms with E-state index in [1.807, 2.05) is 49.6 Å². The van der Waals surface area contributed by atoms with Crippen LogP contribution < -0.4 is 10.6 Å². The lowest BCUT2D eigenvalue weighted by Crippen LogP contribution is -2.46. The van der Waals surface area contributed by atoms with Crippen molar-refractivity contribution in [3.8, 4) is 0 Å². The normalized spacial score (nSPS) is 17.6. The van der Waals surface area contributed by atoms with Crippen LogP contribution in [0.25, 0.3) is 0 Å². The third kappa shape index (κ3) is 6.99. The maximum Gasteiger partial charge on any atom is 0.408 e. The molecule has 1 aromatic heterocycles. The van der Waals surface area contributed by atoms with Gasteiger partial charge in [-0.1, -0.05) is 44.2 Å². The lowest BCUT2D eigenvalue weighted by Gasteiger charge is -2.24. The molecule has 2 heterocycles. The Morgan fingerprint density at radius 2 is 1.88 bits per heavy atom. The average Bonchev–Trinajstić information content (AvgIpc) is 3.24. The first-order valence-electron chi connectivity index (χ1n) is 11.2. The number of rotatable bonds is 7. The molecule has 7 nitrogen and oxygen atoms in total. The second-order valence-corrected chi connectivity index (χ2v) is 9.39. The van der Waals surface area contributed by atoms with Crippen LogP contribution in [0.15, 0.2) is 41.1 Å². The van der Waals surface area contributed by atoms with Crippen molar-refractivity contribution >= 4 is 34.9 Å². The SMILES string of the molecule is CC(C)C(NC(=O)OCc1ccccc1)C(=O)CC1Cc2cscc2CCCNC(=O)C1=O. The van der Waals surface area contributed by atoms with Crippen LogP contribution in [0.1, 0.15) is 43.4 Å². The molecule has 2 aromatic rings. The molecule has 2 unspecified atom stereocenters. The maximum atomic E-state index is 13.2. The molecule has 0 saturated carbocycles. The second-order valence-electron chi connectivity index (χ2n) is 8.65. The van der Waals surface area contributed by atoms with Gasteiger partial charge in [0.2, 0.25) is 5.78 Å². The van der Waals surface area contributed by atoms with Gasteiger partial charge in [-0.15, -0.1) is 0 Å². The number of Topliss-reactive ketones (excluding diaryl/α,β-unsaturated/α-hetero) is 2. The van der Waals surface area contributed by atoms with Gasteiger partial charge in [-0.05, 0) is 52.6 Å². The molecule has 2 amide bonds. The van der Waals surface area contributed by atoms with Crippen LogP contribution in [-0.4, -0.2) is 36.2 Å². The van der Waals surface area contributed by atoms with Crippen LogP contribution in [0.5, 0.6) is 0 Å². The van der Waals surface area contributed by atoms with Crippen LogP contribution in [0, 0.1) is 11.8 Å². The molecule has 0 aliphatic carbocycles. The number of ketones is 2. The van der Waals surface area contributed by atoms with E-state index in [1.54, 1.807) is 11.3 Å². The molecule has 0 bridgehead atoms. The van der Waals surface area contributed by atoms with Crippen molar-refractivity contribution in [3.63, 3.8) is 0 Å². The number of ether oxygens (including phenoxy) is 1. The topological polar surface area (TPSA) is 102 Å². The quantitative estimate of drug-likeness (QED) is 0.604. The first-order chi connectivity index (χ1) is 15.8. The lowest BCUT2D eigenvalue weighted by atomic mass is 9.85. The summed E-state index contributed by atoms with van der Waals surface area (Å²) in [7, 11) is 0. The van der Waals surface area contributed by atoms with E-state index in [-0.39, 0.29) is 24.7 Å². The maximum absolute atomic E-state index is 13.2. The number of nitrogens with one attached hydrogen (secondary N) is 2. The predicted octanol–water partition coefficient (Wildman–Crippen LogP) is 3.45. The average molecular weight is 471 g/mol. The highest BCUT2D eigenvalue weighted by molar-refractivity contribution is 7.08. The van der Waals surface area contributed by atoms with Crippen LogP contribution in [0.3, 0.4) is 0 Å². The summed E-state index contributed by atoms with van der Waals surface area (Å²) in [5.41, 5.74) is 3.01. The fourth-order valence-electron chi connectivity index (χ4n) is 3.91. The number of fused-ring (bicyclic) bond motifs is 1. The molecule has 33 heavy (non-hydrogen) atoms. The predicted molar refractivity (Wildman–Crippen MR) is 126 cm³/mol. The van der Waals surface area contributed by atoms with Crippen molar-refractivity contribution in [2.75, 3.05) is 6.54 Å². The minimum atomic E-state index is -0.818. The third-order valence-corrected chi connectivity index (χ3v) is 6.59. The van der Waals surface area contributed by atoms with E-state index >= 15 is 0 Å². The summed E-state index contributed by atoms with van der Waals surface area (Å²) in [5.74, 6) is -2.50. The zero-order chi connectivity index (χ0) is 23.8. The Bertz CT molecular complexity index is 986. The molecule has 2 atom stereocenters.